The van der Waals surface area contributed by atoms with Crippen molar-refractivity contribution in [1.29, 1.82) is 0 Å². The second-order valence-corrected chi connectivity index (χ2v) is 10.4. The molecule has 3 heterocycles. The Hall–Kier alpha value is -2.34. The number of fused-ring (bicyclic) bond motifs is 1. The molecule has 1 amide bonds. The van der Waals surface area contributed by atoms with Crippen molar-refractivity contribution in [3.05, 3.63) is 48.5 Å². The van der Waals surface area contributed by atoms with Gasteiger partial charge in [-0.1, -0.05) is 38.5 Å². The van der Waals surface area contributed by atoms with Crippen molar-refractivity contribution < 1.29 is 9.53 Å². The number of imidazole rings is 1. The highest BCUT2D eigenvalue weighted by Crippen LogP contribution is 2.38. The van der Waals surface area contributed by atoms with E-state index in [1.165, 1.54) is 24.8 Å². The number of hydrogen-bond donors (Lipinski definition) is 0. The van der Waals surface area contributed by atoms with E-state index >= 15 is 0 Å². The molecule has 1 aromatic carbocycles. The van der Waals surface area contributed by atoms with Crippen LogP contribution in [0.1, 0.15) is 51.5 Å². The minimum absolute atomic E-state index is 0.208. The number of benzene rings is 1. The third-order valence-corrected chi connectivity index (χ3v) is 7.28. The summed E-state index contributed by atoms with van der Waals surface area (Å²) in [5.41, 5.74) is 1.63. The van der Waals surface area contributed by atoms with Gasteiger partial charge < -0.3 is 14.2 Å². The van der Waals surface area contributed by atoms with Gasteiger partial charge in [0.25, 0.3) is 0 Å². The van der Waals surface area contributed by atoms with Crippen LogP contribution in [0.2, 0.25) is 0 Å². The van der Waals surface area contributed by atoms with E-state index in [4.69, 9.17) is 4.74 Å². The van der Waals surface area contributed by atoms with Crippen LogP contribution in [0, 0.1) is 11.3 Å². The van der Waals surface area contributed by atoms with Gasteiger partial charge in [0.05, 0.1) is 6.33 Å². The molecule has 2 aliphatic rings. The zero-order valence-corrected chi connectivity index (χ0v) is 20.4. The lowest BCUT2D eigenvalue weighted by Gasteiger charge is -2.45. The quantitative estimate of drug-likeness (QED) is 0.696. The van der Waals surface area contributed by atoms with Crippen LogP contribution in [0.5, 0.6) is 5.75 Å². The minimum Gasteiger partial charge on any atom is -0.492 e. The number of hydrogen-bond acceptors (Lipinski definition) is 4. The first-order valence-electron chi connectivity index (χ1n) is 12.7. The van der Waals surface area contributed by atoms with E-state index in [0.29, 0.717) is 17.9 Å². The van der Waals surface area contributed by atoms with Crippen LogP contribution in [0.3, 0.4) is 0 Å². The van der Waals surface area contributed by atoms with Crippen LogP contribution in [-0.2, 0) is 17.8 Å². The Labute approximate surface area is 198 Å². The summed E-state index contributed by atoms with van der Waals surface area (Å²) in [6, 6.07) is 8.53. The van der Waals surface area contributed by atoms with Crippen molar-refractivity contribution >= 4 is 5.91 Å². The average molecular weight is 453 g/mol. The van der Waals surface area contributed by atoms with Crippen molar-refractivity contribution in [2.45, 2.75) is 58.9 Å². The van der Waals surface area contributed by atoms with Crippen LogP contribution >= 0.6 is 0 Å². The van der Waals surface area contributed by atoms with Crippen molar-refractivity contribution in [3.63, 3.8) is 0 Å². The predicted octanol–water partition coefficient (Wildman–Crippen LogP) is 4.26. The zero-order chi connectivity index (χ0) is 23.1. The predicted molar refractivity (Wildman–Crippen MR) is 131 cm³/mol. The number of piperidine rings is 1. The molecule has 0 N–H and O–H groups in total. The Bertz CT molecular complexity index is 872. The molecule has 0 radical (unpaired) electrons. The maximum absolute atomic E-state index is 12.8. The monoisotopic (exact) mass is 452 g/mol. The molecule has 0 saturated carbocycles. The van der Waals surface area contributed by atoms with Crippen LogP contribution in [0.25, 0.3) is 0 Å². The number of ether oxygens (including phenoxy) is 1. The molecule has 2 aromatic rings. The molecule has 0 aliphatic carbocycles. The summed E-state index contributed by atoms with van der Waals surface area (Å²) < 4.78 is 8.11. The van der Waals surface area contributed by atoms with E-state index < -0.39 is 0 Å². The normalized spacial score (nSPS) is 20.0. The summed E-state index contributed by atoms with van der Waals surface area (Å²) in [5, 5.41) is 0. The maximum Gasteiger partial charge on any atom is 0.242 e. The largest absolute Gasteiger partial charge is 0.492 e. The molecule has 0 unspecified atom stereocenters. The number of aryl methyl sites for hydroxylation is 1. The average Bonchev–Trinajstić information content (AvgIpc) is 3.30. The van der Waals surface area contributed by atoms with Gasteiger partial charge in [-0.05, 0) is 55.1 Å². The highest BCUT2D eigenvalue weighted by molar-refractivity contribution is 5.76. The van der Waals surface area contributed by atoms with Crippen LogP contribution < -0.4 is 4.74 Å². The highest BCUT2D eigenvalue weighted by Gasteiger charge is 2.37. The molecule has 33 heavy (non-hydrogen) atoms. The lowest BCUT2D eigenvalue weighted by molar-refractivity contribution is -0.134. The van der Waals surface area contributed by atoms with E-state index in [9.17, 15) is 4.79 Å². The molecule has 1 fully saturated rings. The van der Waals surface area contributed by atoms with Gasteiger partial charge in [0, 0.05) is 45.1 Å². The Balaban J connectivity index is 1.43. The number of likely N-dealkylation sites (tertiary alicyclic amines) is 1. The third kappa shape index (κ3) is 6.59. The van der Waals surface area contributed by atoms with Crippen LogP contribution in [0.4, 0.5) is 0 Å². The van der Waals surface area contributed by atoms with Gasteiger partial charge in [-0.2, -0.15) is 0 Å². The molecular weight excluding hydrogens is 412 g/mol. The van der Waals surface area contributed by atoms with Crippen LogP contribution in [-0.4, -0.2) is 64.6 Å². The van der Waals surface area contributed by atoms with E-state index in [1.54, 1.807) is 12.5 Å². The van der Waals surface area contributed by atoms with Crippen molar-refractivity contribution in [2.24, 2.45) is 11.3 Å². The van der Waals surface area contributed by atoms with Crippen molar-refractivity contribution in [3.8, 4) is 5.75 Å². The third-order valence-electron chi connectivity index (χ3n) is 7.28. The number of carbonyl (C=O) groups is 1. The molecule has 6 nitrogen and oxygen atoms in total. The van der Waals surface area contributed by atoms with Gasteiger partial charge in [0.1, 0.15) is 18.9 Å². The highest BCUT2D eigenvalue weighted by atomic mass is 16.5. The number of para-hydroxylation sites is 1. The smallest absolute Gasteiger partial charge is 0.242 e. The number of rotatable bonds is 4. The van der Waals surface area contributed by atoms with Gasteiger partial charge in [0.15, 0.2) is 0 Å². The summed E-state index contributed by atoms with van der Waals surface area (Å²) >= 11 is 0. The Morgan fingerprint density at radius 1 is 1.12 bits per heavy atom. The topological polar surface area (TPSA) is 50.6 Å². The molecule has 180 valence electrons. The van der Waals surface area contributed by atoms with Crippen molar-refractivity contribution in [1.82, 2.24) is 19.4 Å². The van der Waals surface area contributed by atoms with Gasteiger partial charge >= 0.3 is 0 Å². The molecule has 0 bridgehead atoms. The SMILES string of the molecule is CC(C)CN1CCOc2ccccc2CCCCC2(CCN(C(=O)Cn3ccnc3)CC2)C1. The first-order chi connectivity index (χ1) is 16.0. The Morgan fingerprint density at radius 3 is 2.70 bits per heavy atom. The molecule has 6 heteroatoms. The van der Waals surface area contributed by atoms with E-state index in [-0.39, 0.29) is 5.91 Å². The standard InChI is InChI=1S/C27H40N4O2/c1-23(2)19-29-17-18-33-25-9-4-3-7-24(25)8-5-6-10-27(21-29)11-14-31(15-12-27)26(32)20-30-16-13-28-22-30/h3-4,7,9,13,16,22-23H,5-6,8,10-12,14-15,17-21H2,1-2H3. The summed E-state index contributed by atoms with van der Waals surface area (Å²) in [6.45, 7) is 10.6. The number of aromatic nitrogens is 2. The van der Waals surface area contributed by atoms with Gasteiger partial charge in [-0.15, -0.1) is 0 Å². The number of amides is 1. The van der Waals surface area contributed by atoms with E-state index in [0.717, 1.165) is 64.3 Å². The fraction of sp³-hybridized carbons (Fsp3) is 0.630. The summed E-state index contributed by atoms with van der Waals surface area (Å²) in [7, 11) is 0. The van der Waals surface area contributed by atoms with Gasteiger partial charge in [0.2, 0.25) is 5.91 Å². The minimum atomic E-state index is 0.208. The first-order valence-corrected chi connectivity index (χ1v) is 12.7. The molecule has 1 spiro atoms. The molecule has 4 rings (SSSR count). The molecule has 0 atom stereocenters. The Morgan fingerprint density at radius 2 is 1.94 bits per heavy atom. The molecule has 1 saturated heterocycles. The molecule has 2 aliphatic heterocycles. The summed E-state index contributed by atoms with van der Waals surface area (Å²) in [5.74, 6) is 1.89. The first kappa shape index (κ1) is 23.8. The fourth-order valence-corrected chi connectivity index (χ4v) is 5.53. The molecule has 1 aromatic heterocycles. The number of nitrogens with zero attached hydrogens (tertiary/aromatic N) is 4. The van der Waals surface area contributed by atoms with Gasteiger partial charge in [-0.3, -0.25) is 9.69 Å². The zero-order valence-electron chi connectivity index (χ0n) is 20.4. The van der Waals surface area contributed by atoms with E-state index in [1.807, 2.05) is 10.8 Å². The summed E-state index contributed by atoms with van der Waals surface area (Å²) in [6.07, 6.45) is 12.2. The summed E-state index contributed by atoms with van der Waals surface area (Å²) in [4.78, 5) is 21.6. The van der Waals surface area contributed by atoms with Crippen molar-refractivity contribution in [2.75, 3.05) is 39.3 Å². The lowest BCUT2D eigenvalue weighted by Crippen LogP contribution is -2.49. The second kappa shape index (κ2) is 11.2. The molecular formula is C27H40N4O2. The number of carbonyl (C=O) groups excluding carboxylic acids is 1. The Kier molecular flexibility index (Phi) is 8.07. The van der Waals surface area contributed by atoms with Gasteiger partial charge in [-0.25, -0.2) is 4.98 Å². The fourth-order valence-electron chi connectivity index (χ4n) is 5.53. The van der Waals surface area contributed by atoms with E-state index in [2.05, 4.69) is 52.9 Å². The maximum atomic E-state index is 12.8. The second-order valence-electron chi connectivity index (χ2n) is 10.4. The van der Waals surface area contributed by atoms with Crippen LogP contribution in [0.15, 0.2) is 43.0 Å². The lowest BCUT2D eigenvalue weighted by atomic mass is 9.73.